The number of carbonyl (C=O) groups excluding carboxylic acids is 1. The third-order valence-corrected chi connectivity index (χ3v) is 3.43. The second-order valence-electron chi connectivity index (χ2n) is 3.74. The van der Waals surface area contributed by atoms with E-state index in [9.17, 15) is 13.2 Å². The highest BCUT2D eigenvalue weighted by atomic mass is 32.2. The Kier molecular flexibility index (Phi) is 3.42. The molecule has 10 heteroatoms. The van der Waals surface area contributed by atoms with Crippen molar-refractivity contribution in [1.29, 1.82) is 0 Å². The molecule has 0 fully saturated rings. The predicted octanol–water partition coefficient (Wildman–Crippen LogP) is -0.716. The lowest BCUT2D eigenvalue weighted by molar-refractivity contribution is 0.0587. The summed E-state index contributed by atoms with van der Waals surface area (Å²) >= 11 is 0. The lowest BCUT2D eigenvalue weighted by Crippen LogP contribution is -2.16. The number of rotatable bonds is 3. The van der Waals surface area contributed by atoms with E-state index in [1.165, 1.54) is 31.6 Å². The van der Waals surface area contributed by atoms with Gasteiger partial charge >= 0.3 is 5.97 Å². The van der Waals surface area contributed by atoms with Crippen LogP contribution in [0.15, 0.2) is 29.4 Å². The number of anilines is 1. The number of hydrogen-bond donors (Lipinski definition) is 2. The lowest BCUT2D eigenvalue weighted by atomic mass is 10.3. The molecule has 0 bridgehead atoms. The van der Waals surface area contributed by atoms with Crippen LogP contribution in [-0.4, -0.2) is 36.3 Å². The van der Waals surface area contributed by atoms with Crippen LogP contribution in [0.1, 0.15) is 10.6 Å². The van der Waals surface area contributed by atoms with E-state index in [4.69, 9.17) is 10.9 Å². The van der Waals surface area contributed by atoms with Gasteiger partial charge in [-0.3, -0.25) is 0 Å². The fourth-order valence-electron chi connectivity index (χ4n) is 1.54. The first-order valence-corrected chi connectivity index (χ1v) is 6.81. The van der Waals surface area contributed by atoms with Crippen molar-refractivity contribution in [3.8, 4) is 5.69 Å². The second kappa shape index (κ2) is 4.90. The molecule has 0 spiro atoms. The lowest BCUT2D eigenvalue weighted by Gasteiger charge is -2.08. The molecule has 0 amide bonds. The molecule has 2 rings (SSSR count). The number of nitrogen functional groups attached to an aromatic ring is 1. The summed E-state index contributed by atoms with van der Waals surface area (Å²) < 4.78 is 28.4. The Labute approximate surface area is 114 Å². The van der Waals surface area contributed by atoms with Gasteiger partial charge in [0.25, 0.3) is 5.82 Å². The number of primary sulfonamides is 1. The average molecular weight is 297 g/mol. The first-order valence-electron chi connectivity index (χ1n) is 5.26. The van der Waals surface area contributed by atoms with Gasteiger partial charge in [0.15, 0.2) is 0 Å². The number of benzene rings is 1. The van der Waals surface area contributed by atoms with Crippen LogP contribution >= 0.6 is 0 Å². The summed E-state index contributed by atoms with van der Waals surface area (Å²) in [6.45, 7) is 0. The predicted molar refractivity (Wildman–Crippen MR) is 68.5 cm³/mol. The number of sulfonamides is 1. The Balaban J connectivity index is 2.54. The average Bonchev–Trinajstić information content (AvgIpc) is 2.86. The number of esters is 1. The van der Waals surface area contributed by atoms with Gasteiger partial charge < -0.3 is 10.5 Å². The van der Waals surface area contributed by atoms with Crippen LogP contribution in [0.4, 0.5) is 5.69 Å². The summed E-state index contributed by atoms with van der Waals surface area (Å²) in [5.41, 5.74) is 5.90. The van der Waals surface area contributed by atoms with Gasteiger partial charge in [-0.15, -0.1) is 5.10 Å². The molecule has 1 aromatic heterocycles. The molecule has 4 N–H and O–H groups in total. The third kappa shape index (κ3) is 2.46. The SMILES string of the molecule is COC(=O)c1ncn(-c2cccc(S(N)(=O)=O)c2N)n1. The number of aromatic nitrogens is 3. The smallest absolute Gasteiger partial charge is 0.377 e. The Morgan fingerprint density at radius 1 is 1.40 bits per heavy atom. The van der Waals surface area contributed by atoms with Crippen LogP contribution < -0.4 is 10.9 Å². The largest absolute Gasteiger partial charge is 0.463 e. The minimum absolute atomic E-state index is 0.0867. The van der Waals surface area contributed by atoms with Crippen LogP contribution in [0, 0.1) is 0 Å². The molecule has 0 aliphatic carbocycles. The molecule has 0 unspecified atom stereocenters. The molecule has 2 aromatic rings. The number of carbonyl (C=O) groups is 1. The normalized spacial score (nSPS) is 11.3. The molecule has 0 aliphatic rings. The minimum atomic E-state index is -3.96. The van der Waals surface area contributed by atoms with Gasteiger partial charge in [-0.2, -0.15) is 0 Å². The van der Waals surface area contributed by atoms with Crippen LogP contribution in [0.2, 0.25) is 0 Å². The summed E-state index contributed by atoms with van der Waals surface area (Å²) in [6, 6.07) is 4.23. The van der Waals surface area contributed by atoms with Gasteiger partial charge in [-0.1, -0.05) is 6.07 Å². The molecular formula is C10H11N5O4S. The molecule has 9 nitrogen and oxygen atoms in total. The van der Waals surface area contributed by atoms with Crippen molar-refractivity contribution >= 4 is 21.7 Å². The zero-order valence-electron chi connectivity index (χ0n) is 10.3. The Hall–Kier alpha value is -2.46. The molecule has 0 saturated heterocycles. The highest BCUT2D eigenvalue weighted by Crippen LogP contribution is 2.23. The van der Waals surface area contributed by atoms with Crippen molar-refractivity contribution in [1.82, 2.24) is 14.8 Å². The highest BCUT2D eigenvalue weighted by molar-refractivity contribution is 7.89. The molecule has 0 radical (unpaired) electrons. The van der Waals surface area contributed by atoms with E-state index in [-0.39, 0.29) is 22.1 Å². The third-order valence-electron chi connectivity index (χ3n) is 2.46. The number of methoxy groups -OCH3 is 1. The van der Waals surface area contributed by atoms with E-state index in [0.717, 1.165) is 4.68 Å². The van der Waals surface area contributed by atoms with Crippen molar-refractivity contribution in [2.45, 2.75) is 4.90 Å². The number of para-hydroxylation sites is 1. The maximum Gasteiger partial charge on any atom is 0.377 e. The topological polar surface area (TPSA) is 143 Å². The zero-order chi connectivity index (χ0) is 14.9. The molecule has 0 saturated carbocycles. The maximum atomic E-state index is 11.4. The van der Waals surface area contributed by atoms with Gasteiger partial charge in [-0.05, 0) is 12.1 Å². The van der Waals surface area contributed by atoms with Crippen LogP contribution in [0.25, 0.3) is 5.69 Å². The second-order valence-corrected chi connectivity index (χ2v) is 5.27. The fraction of sp³-hybridized carbons (Fsp3) is 0.100. The van der Waals surface area contributed by atoms with Gasteiger partial charge in [0.05, 0.1) is 18.5 Å². The van der Waals surface area contributed by atoms with Crippen molar-refractivity contribution in [3.63, 3.8) is 0 Å². The molecule has 1 heterocycles. The summed E-state index contributed by atoms with van der Waals surface area (Å²) in [7, 11) is -2.76. The number of nitrogens with two attached hydrogens (primary N) is 2. The van der Waals surface area contributed by atoms with Crippen molar-refractivity contribution < 1.29 is 17.9 Å². The van der Waals surface area contributed by atoms with Gasteiger partial charge in [0.1, 0.15) is 11.2 Å². The first-order chi connectivity index (χ1) is 9.34. The van der Waals surface area contributed by atoms with Crippen LogP contribution in [-0.2, 0) is 14.8 Å². The van der Waals surface area contributed by atoms with Crippen molar-refractivity contribution in [2.75, 3.05) is 12.8 Å². The van der Waals surface area contributed by atoms with Crippen LogP contribution in [0.3, 0.4) is 0 Å². The fourth-order valence-corrected chi connectivity index (χ4v) is 2.22. The summed E-state index contributed by atoms with van der Waals surface area (Å²) in [5, 5.41) is 8.90. The quantitative estimate of drug-likeness (QED) is 0.562. The molecular weight excluding hydrogens is 286 g/mol. The van der Waals surface area contributed by atoms with E-state index in [1.54, 1.807) is 0 Å². The van der Waals surface area contributed by atoms with Gasteiger partial charge in [-0.25, -0.2) is 28.0 Å². The Bertz CT molecular complexity index is 768. The monoisotopic (exact) mass is 297 g/mol. The van der Waals surface area contributed by atoms with Crippen molar-refractivity contribution in [2.24, 2.45) is 5.14 Å². The summed E-state index contributed by atoms with van der Waals surface area (Å²) in [6.07, 6.45) is 1.21. The van der Waals surface area contributed by atoms with E-state index < -0.39 is 16.0 Å². The number of ether oxygens (including phenoxy) is 1. The van der Waals surface area contributed by atoms with E-state index in [0.29, 0.717) is 0 Å². The highest BCUT2D eigenvalue weighted by Gasteiger charge is 2.18. The number of hydrogen-bond acceptors (Lipinski definition) is 7. The van der Waals surface area contributed by atoms with Crippen molar-refractivity contribution in [3.05, 3.63) is 30.4 Å². The van der Waals surface area contributed by atoms with Gasteiger partial charge in [0, 0.05) is 0 Å². The Morgan fingerprint density at radius 2 is 2.10 bits per heavy atom. The summed E-state index contributed by atoms with van der Waals surface area (Å²) in [5.74, 6) is -0.891. The van der Waals surface area contributed by atoms with E-state index >= 15 is 0 Å². The van der Waals surface area contributed by atoms with Gasteiger partial charge in [0.2, 0.25) is 10.0 Å². The van der Waals surface area contributed by atoms with E-state index in [1.807, 2.05) is 0 Å². The summed E-state index contributed by atoms with van der Waals surface area (Å²) in [4.78, 5) is 14.8. The standard InChI is InChI=1S/C10H11N5O4S/c1-19-10(16)9-13-5-15(14-9)6-3-2-4-7(8(6)11)20(12,17)18/h2-5H,11H2,1H3,(H2,12,17,18). The molecule has 106 valence electrons. The molecule has 20 heavy (non-hydrogen) atoms. The van der Waals surface area contributed by atoms with Crippen LogP contribution in [0.5, 0.6) is 0 Å². The molecule has 0 atom stereocenters. The Morgan fingerprint density at radius 3 is 2.70 bits per heavy atom. The maximum absolute atomic E-state index is 11.4. The zero-order valence-corrected chi connectivity index (χ0v) is 11.2. The first kappa shape index (κ1) is 14.0. The molecule has 0 aliphatic heterocycles. The minimum Gasteiger partial charge on any atom is -0.463 e. The molecule has 1 aromatic carbocycles. The number of nitrogens with zero attached hydrogens (tertiary/aromatic N) is 3. The van der Waals surface area contributed by atoms with E-state index in [2.05, 4.69) is 14.8 Å².